The first kappa shape index (κ1) is 15.2. The van der Waals surface area contributed by atoms with Gasteiger partial charge in [0.1, 0.15) is 5.57 Å². The number of rotatable bonds is 4. The van der Waals surface area contributed by atoms with E-state index in [0.29, 0.717) is 0 Å². The number of hydrogen-bond donors (Lipinski definition) is 0. The molecule has 0 aliphatic rings. The van der Waals surface area contributed by atoms with Crippen molar-refractivity contribution in [2.24, 2.45) is 0 Å². The summed E-state index contributed by atoms with van der Waals surface area (Å²) in [5.41, 5.74) is 0.765. The topological polar surface area (TPSA) is 52.6 Å². The second-order valence-corrected chi connectivity index (χ2v) is 4.30. The van der Waals surface area contributed by atoms with Gasteiger partial charge in [-0.25, -0.2) is 9.59 Å². The molecule has 19 heavy (non-hydrogen) atoms. The summed E-state index contributed by atoms with van der Waals surface area (Å²) in [6, 6.07) is 7.57. The highest BCUT2D eigenvalue weighted by Gasteiger charge is 2.18. The van der Waals surface area contributed by atoms with E-state index in [-0.39, 0.29) is 5.57 Å². The number of methoxy groups -OCH3 is 2. The van der Waals surface area contributed by atoms with Crippen LogP contribution in [0.5, 0.6) is 0 Å². The predicted octanol–water partition coefficient (Wildman–Crippen LogP) is 2.73. The van der Waals surface area contributed by atoms with Crippen molar-refractivity contribution in [1.29, 1.82) is 0 Å². The van der Waals surface area contributed by atoms with Crippen molar-refractivity contribution in [2.45, 2.75) is 0 Å². The number of allylic oxidation sites excluding steroid dienone is 2. The molecule has 0 aromatic heterocycles. The first-order valence-electron chi connectivity index (χ1n) is 5.39. The Bertz CT molecular complexity index is 514. The minimum Gasteiger partial charge on any atom is -0.465 e. The summed E-state index contributed by atoms with van der Waals surface area (Å²) in [5, 5.41) is 0. The lowest BCUT2D eigenvalue weighted by Crippen LogP contribution is -2.15. The van der Waals surface area contributed by atoms with Gasteiger partial charge >= 0.3 is 11.9 Å². The molecule has 1 rings (SSSR count). The van der Waals surface area contributed by atoms with Gasteiger partial charge in [-0.1, -0.05) is 46.3 Å². The van der Waals surface area contributed by atoms with Gasteiger partial charge in [0.2, 0.25) is 0 Å². The lowest BCUT2D eigenvalue weighted by atomic mass is 10.2. The van der Waals surface area contributed by atoms with Crippen molar-refractivity contribution in [3.05, 3.63) is 52.0 Å². The largest absolute Gasteiger partial charge is 0.465 e. The fraction of sp³-hybridized carbons (Fsp3) is 0.143. The first-order chi connectivity index (χ1) is 9.10. The number of benzene rings is 1. The Kier molecular flexibility index (Phi) is 6.02. The second-order valence-electron chi connectivity index (χ2n) is 3.44. The number of hydrogen-bond acceptors (Lipinski definition) is 4. The van der Waals surface area contributed by atoms with Crippen LogP contribution in [0.3, 0.4) is 0 Å². The second kappa shape index (κ2) is 7.53. The Morgan fingerprint density at radius 3 is 2.21 bits per heavy atom. The maximum Gasteiger partial charge on any atom is 0.345 e. The molecule has 100 valence electrons. The van der Waals surface area contributed by atoms with Gasteiger partial charge in [0.05, 0.1) is 14.2 Å². The van der Waals surface area contributed by atoms with E-state index in [9.17, 15) is 9.59 Å². The van der Waals surface area contributed by atoms with Crippen molar-refractivity contribution in [2.75, 3.05) is 14.2 Å². The van der Waals surface area contributed by atoms with Crippen LogP contribution in [0.2, 0.25) is 0 Å². The van der Waals surface area contributed by atoms with Crippen LogP contribution in [0.25, 0.3) is 6.08 Å². The molecule has 0 aliphatic carbocycles. The zero-order valence-electron chi connectivity index (χ0n) is 10.6. The lowest BCUT2D eigenvalue weighted by Gasteiger charge is -2.01. The van der Waals surface area contributed by atoms with Crippen molar-refractivity contribution in [3.8, 4) is 0 Å². The van der Waals surface area contributed by atoms with Crippen LogP contribution in [0.1, 0.15) is 5.56 Å². The average Bonchev–Trinajstić information content (AvgIpc) is 2.44. The van der Waals surface area contributed by atoms with Gasteiger partial charge in [0, 0.05) is 4.47 Å². The quantitative estimate of drug-likeness (QED) is 0.281. The molecule has 0 N–H and O–H groups in total. The van der Waals surface area contributed by atoms with Gasteiger partial charge in [-0.2, -0.15) is 0 Å². The maximum absolute atomic E-state index is 11.4. The SMILES string of the molecule is COC(=O)C(=C/C=C\c1ccccc1Br)C(=O)OC. The summed E-state index contributed by atoms with van der Waals surface area (Å²) in [7, 11) is 2.41. The first-order valence-corrected chi connectivity index (χ1v) is 6.19. The molecule has 0 aliphatic heterocycles. The van der Waals surface area contributed by atoms with Crippen LogP contribution >= 0.6 is 15.9 Å². The number of ether oxygens (including phenoxy) is 2. The van der Waals surface area contributed by atoms with Gasteiger partial charge in [0.15, 0.2) is 0 Å². The molecule has 0 bridgehead atoms. The molecular weight excluding hydrogens is 312 g/mol. The molecule has 0 fully saturated rings. The van der Waals surface area contributed by atoms with Crippen LogP contribution in [0.15, 0.2) is 46.5 Å². The maximum atomic E-state index is 11.4. The number of carbonyl (C=O) groups is 2. The van der Waals surface area contributed by atoms with E-state index in [2.05, 4.69) is 25.4 Å². The van der Waals surface area contributed by atoms with Gasteiger partial charge in [-0.05, 0) is 17.7 Å². The monoisotopic (exact) mass is 324 g/mol. The van der Waals surface area contributed by atoms with Crippen molar-refractivity contribution in [3.63, 3.8) is 0 Å². The minimum atomic E-state index is -0.733. The van der Waals surface area contributed by atoms with E-state index in [0.717, 1.165) is 10.0 Å². The van der Waals surface area contributed by atoms with E-state index >= 15 is 0 Å². The molecule has 0 heterocycles. The third-order valence-corrected chi connectivity index (χ3v) is 2.98. The summed E-state index contributed by atoms with van der Waals surface area (Å²) in [6.45, 7) is 0. The summed E-state index contributed by atoms with van der Waals surface area (Å²) >= 11 is 3.39. The molecule has 0 amide bonds. The zero-order chi connectivity index (χ0) is 14.3. The average molecular weight is 325 g/mol. The molecule has 0 atom stereocenters. The van der Waals surface area contributed by atoms with E-state index in [4.69, 9.17) is 0 Å². The highest BCUT2D eigenvalue weighted by molar-refractivity contribution is 9.10. The Labute approximate surface area is 119 Å². The van der Waals surface area contributed by atoms with Crippen LogP contribution in [0.4, 0.5) is 0 Å². The van der Waals surface area contributed by atoms with Crippen LogP contribution in [0, 0.1) is 0 Å². The standard InChI is InChI=1S/C14H13BrO4/c1-18-13(16)11(14(17)19-2)8-5-7-10-6-3-4-9-12(10)15/h3-9H,1-2H3/b7-5-. The summed E-state index contributed by atoms with van der Waals surface area (Å²) in [4.78, 5) is 22.8. The predicted molar refractivity (Wildman–Crippen MR) is 75.3 cm³/mol. The third kappa shape index (κ3) is 4.37. The molecule has 0 spiro atoms. The van der Waals surface area contributed by atoms with E-state index in [1.807, 2.05) is 24.3 Å². The molecular formula is C14H13BrO4. The molecule has 0 saturated heterocycles. The molecule has 4 nitrogen and oxygen atoms in total. The Morgan fingerprint density at radius 2 is 1.68 bits per heavy atom. The zero-order valence-corrected chi connectivity index (χ0v) is 12.1. The van der Waals surface area contributed by atoms with Gasteiger partial charge < -0.3 is 9.47 Å². The normalized spacial score (nSPS) is 10.1. The molecule has 1 aromatic carbocycles. The molecule has 0 radical (unpaired) electrons. The molecule has 1 aromatic rings. The number of carbonyl (C=O) groups excluding carboxylic acids is 2. The van der Waals surface area contributed by atoms with E-state index in [1.165, 1.54) is 20.3 Å². The summed E-state index contributed by atoms with van der Waals surface area (Å²) in [5.74, 6) is -1.47. The van der Waals surface area contributed by atoms with Gasteiger partial charge in [0.25, 0.3) is 0 Å². The van der Waals surface area contributed by atoms with E-state index < -0.39 is 11.9 Å². The summed E-state index contributed by atoms with van der Waals surface area (Å²) < 4.78 is 9.94. The highest BCUT2D eigenvalue weighted by Crippen LogP contribution is 2.17. The minimum absolute atomic E-state index is 0.159. The Balaban J connectivity index is 2.96. The fourth-order valence-corrected chi connectivity index (χ4v) is 1.71. The molecule has 5 heteroatoms. The van der Waals surface area contributed by atoms with Crippen LogP contribution in [-0.4, -0.2) is 26.2 Å². The smallest absolute Gasteiger partial charge is 0.345 e. The Morgan fingerprint density at radius 1 is 1.11 bits per heavy atom. The van der Waals surface area contributed by atoms with Gasteiger partial charge in [-0.15, -0.1) is 0 Å². The fourth-order valence-electron chi connectivity index (χ4n) is 1.30. The van der Waals surface area contributed by atoms with Crippen molar-refractivity contribution >= 4 is 33.9 Å². The van der Waals surface area contributed by atoms with E-state index in [1.54, 1.807) is 12.2 Å². The third-order valence-electron chi connectivity index (χ3n) is 2.25. The van der Waals surface area contributed by atoms with Crippen LogP contribution < -0.4 is 0 Å². The molecule has 0 unspecified atom stereocenters. The van der Waals surface area contributed by atoms with Crippen molar-refractivity contribution < 1.29 is 19.1 Å². The highest BCUT2D eigenvalue weighted by atomic mass is 79.9. The van der Waals surface area contributed by atoms with Crippen LogP contribution in [-0.2, 0) is 19.1 Å². The molecule has 0 saturated carbocycles. The van der Waals surface area contributed by atoms with Crippen molar-refractivity contribution in [1.82, 2.24) is 0 Å². The number of esters is 2. The Hall–Kier alpha value is -1.88. The van der Waals surface area contributed by atoms with Gasteiger partial charge in [-0.3, -0.25) is 0 Å². The summed E-state index contributed by atoms with van der Waals surface area (Å²) in [6.07, 6.45) is 4.70. The number of halogens is 1. The lowest BCUT2D eigenvalue weighted by molar-refractivity contribution is -0.144.